The second-order valence-corrected chi connectivity index (χ2v) is 9.64. The van der Waals surface area contributed by atoms with Crippen LogP contribution in [-0.2, 0) is 0 Å². The zero-order valence-electron chi connectivity index (χ0n) is 16.0. The molecule has 1 aliphatic heterocycles. The van der Waals surface area contributed by atoms with E-state index in [1.807, 2.05) is 0 Å². The lowest BCUT2D eigenvalue weighted by atomic mass is 9.66. The topological polar surface area (TPSA) is 139 Å². The van der Waals surface area contributed by atoms with Gasteiger partial charge in [-0.15, -0.1) is 0 Å². The van der Waals surface area contributed by atoms with Gasteiger partial charge in [0.1, 0.15) is 29.0 Å². The van der Waals surface area contributed by atoms with Crippen LogP contribution in [0.25, 0.3) is 0 Å². The van der Waals surface area contributed by atoms with E-state index in [2.05, 4.69) is 37.2 Å². The third-order valence-corrected chi connectivity index (χ3v) is 6.61. The Morgan fingerprint density at radius 2 is 1.23 bits per heavy atom. The molecule has 11 heteroatoms. The number of halogens is 2. The lowest BCUT2D eigenvalue weighted by Crippen LogP contribution is -2.63. The lowest BCUT2D eigenvalue weighted by molar-refractivity contribution is -0.605. The van der Waals surface area contributed by atoms with Crippen LogP contribution in [0.1, 0.15) is 37.1 Å². The van der Waals surface area contributed by atoms with Crippen LogP contribution >= 0.6 is 31.9 Å². The van der Waals surface area contributed by atoms with Gasteiger partial charge in [0.25, 0.3) is 0 Å². The molecule has 0 amide bonds. The summed E-state index contributed by atoms with van der Waals surface area (Å²) in [4.78, 5) is 23.0. The molecule has 0 spiro atoms. The van der Waals surface area contributed by atoms with Gasteiger partial charge in [0.05, 0.1) is 0 Å². The Morgan fingerprint density at radius 1 is 0.867 bits per heavy atom. The largest absolute Gasteiger partial charge is 0.508 e. The number of phenolic OH excluding ortho intramolecular Hbond substituents is 2. The fourth-order valence-corrected chi connectivity index (χ4v) is 5.02. The Balaban J connectivity index is 2.25. The summed E-state index contributed by atoms with van der Waals surface area (Å²) in [5.74, 6) is -0.342. The average Bonchev–Trinajstić information content (AvgIpc) is 2.63. The van der Waals surface area contributed by atoms with Gasteiger partial charge in [-0.2, -0.15) is 0 Å². The first-order valence-corrected chi connectivity index (χ1v) is 10.5. The van der Waals surface area contributed by atoms with Crippen LogP contribution in [-0.4, -0.2) is 32.1 Å². The van der Waals surface area contributed by atoms with Crippen molar-refractivity contribution in [2.45, 2.75) is 38.0 Å². The van der Waals surface area contributed by atoms with Gasteiger partial charge >= 0.3 is 0 Å². The summed E-state index contributed by atoms with van der Waals surface area (Å²) in [5, 5.41) is 48.0. The Hall–Kier alpha value is -2.24. The number of piperidine rings is 1. The summed E-state index contributed by atoms with van der Waals surface area (Å²) in [6, 6.07) is 4.13. The maximum atomic E-state index is 12.1. The standard InChI is InChI=1S/C19H19Br2N3O6/c1-19(2)17(23(27)28)15(11-7-9(20)3-5-13(11)25)22-16(18(19)24(29)30)12-8-10(21)4-6-14(12)26/h3-8,15-18,22,25-26H,1-2H3. The van der Waals surface area contributed by atoms with Crippen LogP contribution < -0.4 is 5.32 Å². The van der Waals surface area contributed by atoms with Gasteiger partial charge in [0, 0.05) is 29.9 Å². The summed E-state index contributed by atoms with van der Waals surface area (Å²) < 4.78 is 1.19. The summed E-state index contributed by atoms with van der Waals surface area (Å²) in [6.07, 6.45) is 0. The van der Waals surface area contributed by atoms with Gasteiger partial charge in [0.15, 0.2) is 0 Å². The van der Waals surface area contributed by atoms with Crippen molar-refractivity contribution in [1.82, 2.24) is 5.32 Å². The average molecular weight is 545 g/mol. The molecule has 1 heterocycles. The van der Waals surface area contributed by atoms with Crippen LogP contribution in [0, 0.1) is 25.6 Å². The second-order valence-electron chi connectivity index (χ2n) is 7.81. The van der Waals surface area contributed by atoms with Crippen LogP contribution in [0.2, 0.25) is 0 Å². The number of aromatic hydroxyl groups is 2. The highest BCUT2D eigenvalue weighted by Gasteiger charge is 2.63. The van der Waals surface area contributed by atoms with Crippen molar-refractivity contribution in [3.05, 3.63) is 76.7 Å². The van der Waals surface area contributed by atoms with E-state index < -0.39 is 39.4 Å². The summed E-state index contributed by atoms with van der Waals surface area (Å²) in [6.45, 7) is 2.94. The molecule has 3 rings (SSSR count). The van der Waals surface area contributed by atoms with Crippen molar-refractivity contribution in [1.29, 1.82) is 0 Å². The van der Waals surface area contributed by atoms with Gasteiger partial charge in [-0.3, -0.25) is 25.5 Å². The molecule has 160 valence electrons. The zero-order chi connectivity index (χ0) is 22.4. The van der Waals surface area contributed by atoms with Crippen molar-refractivity contribution in [2.75, 3.05) is 0 Å². The minimum Gasteiger partial charge on any atom is -0.508 e. The highest BCUT2D eigenvalue weighted by Crippen LogP contribution is 2.49. The molecule has 2 aromatic carbocycles. The molecule has 1 aliphatic rings. The van der Waals surface area contributed by atoms with Gasteiger partial charge in [-0.05, 0) is 50.2 Å². The van der Waals surface area contributed by atoms with Gasteiger partial charge in [0.2, 0.25) is 12.1 Å². The van der Waals surface area contributed by atoms with Crippen LogP contribution in [0.4, 0.5) is 0 Å². The molecule has 1 fully saturated rings. The van der Waals surface area contributed by atoms with Crippen LogP contribution in [0.15, 0.2) is 45.3 Å². The first-order chi connectivity index (χ1) is 13.9. The molecule has 4 atom stereocenters. The fourth-order valence-electron chi connectivity index (χ4n) is 4.27. The zero-order valence-corrected chi connectivity index (χ0v) is 19.1. The Labute approximate surface area is 188 Å². The molecular formula is C19H19Br2N3O6. The number of hydrogen-bond acceptors (Lipinski definition) is 7. The number of benzene rings is 2. The minimum atomic E-state index is -1.43. The Morgan fingerprint density at radius 3 is 1.57 bits per heavy atom. The van der Waals surface area contributed by atoms with Crippen molar-refractivity contribution in [3.8, 4) is 11.5 Å². The molecule has 30 heavy (non-hydrogen) atoms. The maximum Gasteiger partial charge on any atom is 0.244 e. The summed E-state index contributed by atoms with van der Waals surface area (Å²) in [5.41, 5.74) is -0.960. The number of nitro groups is 2. The molecule has 0 aromatic heterocycles. The molecule has 0 radical (unpaired) electrons. The fraction of sp³-hybridized carbons (Fsp3) is 0.368. The SMILES string of the molecule is CC1(C)C([N+](=O)[O-])C(c2cc(Br)ccc2O)NC(c2cc(Br)ccc2O)C1[N+](=O)[O-]. The van der Waals surface area contributed by atoms with E-state index in [-0.39, 0.29) is 22.6 Å². The Kier molecular flexibility index (Phi) is 6.08. The van der Waals surface area contributed by atoms with Gasteiger partial charge in [-0.1, -0.05) is 31.9 Å². The van der Waals surface area contributed by atoms with Crippen molar-refractivity contribution in [3.63, 3.8) is 0 Å². The number of rotatable bonds is 4. The molecule has 0 saturated carbocycles. The minimum absolute atomic E-state index is 0.171. The molecule has 0 bridgehead atoms. The molecule has 2 aromatic rings. The van der Waals surface area contributed by atoms with Crippen LogP contribution in [0.3, 0.4) is 0 Å². The van der Waals surface area contributed by atoms with E-state index in [0.717, 1.165) is 0 Å². The third-order valence-electron chi connectivity index (χ3n) is 5.62. The monoisotopic (exact) mass is 543 g/mol. The summed E-state index contributed by atoms with van der Waals surface area (Å²) in [7, 11) is 0. The molecule has 3 N–H and O–H groups in total. The smallest absolute Gasteiger partial charge is 0.244 e. The van der Waals surface area contributed by atoms with Gasteiger partial charge < -0.3 is 10.2 Å². The highest BCUT2D eigenvalue weighted by atomic mass is 79.9. The molecule has 0 aliphatic carbocycles. The van der Waals surface area contributed by atoms with Crippen LogP contribution in [0.5, 0.6) is 11.5 Å². The van der Waals surface area contributed by atoms with Crippen molar-refractivity contribution < 1.29 is 20.1 Å². The number of nitrogens with zero attached hydrogens (tertiary/aromatic N) is 2. The van der Waals surface area contributed by atoms with E-state index in [1.165, 1.54) is 26.0 Å². The van der Waals surface area contributed by atoms with E-state index in [9.17, 15) is 30.4 Å². The molecular weight excluding hydrogens is 526 g/mol. The van der Waals surface area contributed by atoms with E-state index in [4.69, 9.17) is 0 Å². The highest BCUT2D eigenvalue weighted by molar-refractivity contribution is 9.10. The second kappa shape index (κ2) is 8.12. The first kappa shape index (κ1) is 22.4. The predicted octanol–water partition coefficient (Wildman–Crippen LogP) is 4.33. The first-order valence-electron chi connectivity index (χ1n) is 8.95. The normalized spacial score (nSPS) is 25.6. The van der Waals surface area contributed by atoms with Gasteiger partial charge in [-0.25, -0.2) is 0 Å². The molecule has 1 saturated heterocycles. The third kappa shape index (κ3) is 3.88. The quantitative estimate of drug-likeness (QED) is 0.384. The maximum absolute atomic E-state index is 12.1. The molecule has 4 unspecified atom stereocenters. The van der Waals surface area contributed by atoms with Crippen molar-refractivity contribution in [2.24, 2.45) is 5.41 Å². The number of nitrogens with one attached hydrogen (secondary N) is 1. The molecule has 9 nitrogen and oxygen atoms in total. The van der Waals surface area contributed by atoms with E-state index >= 15 is 0 Å². The predicted molar refractivity (Wildman–Crippen MR) is 116 cm³/mol. The number of hydrogen-bond donors (Lipinski definition) is 3. The number of phenols is 2. The summed E-state index contributed by atoms with van der Waals surface area (Å²) >= 11 is 6.60. The lowest BCUT2D eigenvalue weighted by Gasteiger charge is -2.44. The van der Waals surface area contributed by atoms with E-state index in [0.29, 0.717) is 8.95 Å². The Bertz CT molecular complexity index is 938. The van der Waals surface area contributed by atoms with E-state index in [1.54, 1.807) is 24.3 Å². The van der Waals surface area contributed by atoms with Crippen molar-refractivity contribution >= 4 is 31.9 Å².